The topological polar surface area (TPSA) is 110 Å². The molecule has 1 unspecified atom stereocenters. The van der Waals surface area contributed by atoms with Gasteiger partial charge in [-0.3, -0.25) is 4.79 Å². The minimum Gasteiger partial charge on any atom is -0.478 e. The summed E-state index contributed by atoms with van der Waals surface area (Å²) >= 11 is 0. The molecule has 0 radical (unpaired) electrons. The number of hydrogen-bond acceptors (Lipinski definition) is 5. The van der Waals surface area contributed by atoms with E-state index >= 15 is 0 Å². The van der Waals surface area contributed by atoms with E-state index in [0.29, 0.717) is 27.8 Å². The number of carboxylic acids is 1. The van der Waals surface area contributed by atoms with Crippen LogP contribution >= 0.6 is 0 Å². The minimum atomic E-state index is -1.07. The van der Waals surface area contributed by atoms with Crippen molar-refractivity contribution in [3.05, 3.63) is 77.0 Å². The molecule has 1 atom stereocenters. The molecule has 0 bridgehead atoms. The SMILES string of the molecule is COC(=O)C(C)n1cc(/C=C2\C(=O)NN=C2c2ccccc2)c2cc(C(=O)O)ccc21. The molecule has 0 spiro atoms. The summed E-state index contributed by atoms with van der Waals surface area (Å²) in [5.41, 5.74) is 5.41. The Bertz CT molecular complexity index is 1270. The second-order valence-electron chi connectivity index (χ2n) is 7.05. The van der Waals surface area contributed by atoms with E-state index in [1.165, 1.54) is 19.2 Å². The van der Waals surface area contributed by atoms with E-state index in [1.54, 1.807) is 29.8 Å². The number of esters is 1. The van der Waals surface area contributed by atoms with Crippen molar-refractivity contribution in [1.82, 2.24) is 9.99 Å². The molecule has 1 amide bonds. The third-order valence-corrected chi connectivity index (χ3v) is 5.19. The van der Waals surface area contributed by atoms with Crippen molar-refractivity contribution < 1.29 is 24.2 Å². The Morgan fingerprint density at radius 3 is 2.61 bits per heavy atom. The quantitative estimate of drug-likeness (QED) is 0.490. The van der Waals surface area contributed by atoms with Crippen LogP contribution in [0, 0.1) is 0 Å². The summed E-state index contributed by atoms with van der Waals surface area (Å²) < 4.78 is 6.56. The normalized spacial score (nSPS) is 15.6. The molecule has 4 rings (SSSR count). The minimum absolute atomic E-state index is 0.100. The van der Waals surface area contributed by atoms with Gasteiger partial charge in [-0.15, -0.1) is 0 Å². The standard InChI is InChI=1S/C23H19N3O5/c1-13(23(30)31-2)26-12-16(17-10-15(22(28)29)8-9-19(17)26)11-18-20(24-25-21(18)27)14-6-4-3-5-7-14/h3-13H,1-2H3,(H,25,27)(H,28,29)/b18-11-. The van der Waals surface area contributed by atoms with Gasteiger partial charge in [0, 0.05) is 28.2 Å². The summed E-state index contributed by atoms with van der Waals surface area (Å²) in [6, 6.07) is 13.3. The molecular formula is C23H19N3O5. The summed E-state index contributed by atoms with van der Waals surface area (Å²) in [4.78, 5) is 36.1. The third kappa shape index (κ3) is 3.59. The first kappa shape index (κ1) is 20.1. The lowest BCUT2D eigenvalue weighted by molar-refractivity contribution is -0.143. The Kier molecular flexibility index (Phi) is 5.12. The maximum absolute atomic E-state index is 12.5. The molecule has 2 heterocycles. The molecule has 1 aliphatic rings. The molecule has 1 aromatic heterocycles. The van der Waals surface area contributed by atoms with Gasteiger partial charge in [0.2, 0.25) is 0 Å². The number of carboxylic acid groups (broad SMARTS) is 1. The van der Waals surface area contributed by atoms with Crippen LogP contribution < -0.4 is 5.43 Å². The van der Waals surface area contributed by atoms with Gasteiger partial charge >= 0.3 is 11.9 Å². The van der Waals surface area contributed by atoms with E-state index < -0.39 is 18.0 Å². The number of nitrogens with one attached hydrogen (secondary N) is 1. The van der Waals surface area contributed by atoms with E-state index in [1.807, 2.05) is 30.3 Å². The number of fused-ring (bicyclic) bond motifs is 1. The fraction of sp³-hybridized carbons (Fsp3) is 0.130. The lowest BCUT2D eigenvalue weighted by Crippen LogP contribution is -2.17. The van der Waals surface area contributed by atoms with Gasteiger partial charge in [-0.2, -0.15) is 5.10 Å². The van der Waals surface area contributed by atoms with Gasteiger partial charge < -0.3 is 14.4 Å². The van der Waals surface area contributed by atoms with Gasteiger partial charge in [-0.1, -0.05) is 30.3 Å². The van der Waals surface area contributed by atoms with Crippen molar-refractivity contribution in [3.8, 4) is 0 Å². The van der Waals surface area contributed by atoms with Gasteiger partial charge in [0.25, 0.3) is 5.91 Å². The Balaban J connectivity index is 1.91. The van der Waals surface area contributed by atoms with Crippen LogP contribution in [0.3, 0.4) is 0 Å². The number of carbonyl (C=O) groups is 3. The zero-order valence-electron chi connectivity index (χ0n) is 16.8. The number of hydrogen-bond donors (Lipinski definition) is 2. The van der Waals surface area contributed by atoms with E-state index in [2.05, 4.69) is 10.5 Å². The molecule has 0 fully saturated rings. The highest BCUT2D eigenvalue weighted by atomic mass is 16.5. The molecule has 8 nitrogen and oxygen atoms in total. The maximum Gasteiger partial charge on any atom is 0.335 e. The number of rotatable bonds is 5. The summed E-state index contributed by atoms with van der Waals surface area (Å²) in [6.45, 7) is 1.69. The first-order valence-corrected chi connectivity index (χ1v) is 9.52. The van der Waals surface area contributed by atoms with Gasteiger partial charge in [0.15, 0.2) is 0 Å². The first-order valence-electron chi connectivity index (χ1n) is 9.52. The second kappa shape index (κ2) is 7.91. The number of nitrogens with zero attached hydrogens (tertiary/aromatic N) is 2. The van der Waals surface area contributed by atoms with E-state index in [0.717, 1.165) is 5.56 Å². The first-order chi connectivity index (χ1) is 14.9. The molecular weight excluding hydrogens is 398 g/mol. The Hall–Kier alpha value is -4.20. The number of amides is 1. The summed E-state index contributed by atoms with van der Waals surface area (Å²) in [7, 11) is 1.31. The van der Waals surface area contributed by atoms with Crippen molar-refractivity contribution in [1.29, 1.82) is 0 Å². The maximum atomic E-state index is 12.5. The number of methoxy groups -OCH3 is 1. The largest absolute Gasteiger partial charge is 0.478 e. The van der Waals surface area contributed by atoms with Crippen LogP contribution in [0.1, 0.15) is 34.5 Å². The van der Waals surface area contributed by atoms with Crippen LogP contribution in [0.5, 0.6) is 0 Å². The van der Waals surface area contributed by atoms with Gasteiger partial charge in [-0.05, 0) is 31.2 Å². The molecule has 31 heavy (non-hydrogen) atoms. The molecule has 3 aromatic rings. The van der Waals surface area contributed by atoms with E-state index in [9.17, 15) is 19.5 Å². The smallest absolute Gasteiger partial charge is 0.335 e. The Morgan fingerprint density at radius 1 is 1.19 bits per heavy atom. The molecule has 0 saturated carbocycles. The van der Waals surface area contributed by atoms with Crippen LogP contribution in [-0.4, -0.2) is 40.3 Å². The molecule has 2 N–H and O–H groups in total. The van der Waals surface area contributed by atoms with Gasteiger partial charge in [-0.25, -0.2) is 15.0 Å². The fourth-order valence-corrected chi connectivity index (χ4v) is 3.57. The van der Waals surface area contributed by atoms with Crippen LogP contribution in [0.15, 0.2) is 65.4 Å². The van der Waals surface area contributed by atoms with Crippen LogP contribution in [0.2, 0.25) is 0 Å². The number of ether oxygens (including phenoxy) is 1. The molecule has 1 aliphatic heterocycles. The van der Waals surface area contributed by atoms with Crippen molar-refractivity contribution in [2.24, 2.45) is 5.10 Å². The predicted octanol–water partition coefficient (Wildman–Crippen LogP) is 2.99. The average Bonchev–Trinajstić information content (AvgIpc) is 3.33. The number of hydrazone groups is 1. The highest BCUT2D eigenvalue weighted by Gasteiger charge is 2.26. The number of aromatic nitrogens is 1. The van der Waals surface area contributed by atoms with E-state index in [-0.39, 0.29) is 11.5 Å². The molecule has 0 saturated heterocycles. The zero-order chi connectivity index (χ0) is 22.1. The van der Waals surface area contributed by atoms with Crippen LogP contribution in [0.4, 0.5) is 0 Å². The van der Waals surface area contributed by atoms with Crippen molar-refractivity contribution in [2.45, 2.75) is 13.0 Å². The van der Waals surface area contributed by atoms with Crippen molar-refractivity contribution in [2.75, 3.05) is 7.11 Å². The number of benzene rings is 2. The summed E-state index contributed by atoms with van der Waals surface area (Å²) in [5, 5.41) is 14.2. The van der Waals surface area contributed by atoms with Crippen LogP contribution in [-0.2, 0) is 14.3 Å². The highest BCUT2D eigenvalue weighted by Crippen LogP contribution is 2.29. The summed E-state index contributed by atoms with van der Waals surface area (Å²) in [6.07, 6.45) is 3.36. The predicted molar refractivity (Wildman–Crippen MR) is 115 cm³/mol. The van der Waals surface area contributed by atoms with Gasteiger partial charge in [0.05, 0.1) is 18.2 Å². The van der Waals surface area contributed by atoms with Gasteiger partial charge in [0.1, 0.15) is 11.8 Å². The zero-order valence-corrected chi connectivity index (χ0v) is 16.8. The summed E-state index contributed by atoms with van der Waals surface area (Å²) in [5.74, 6) is -1.88. The van der Waals surface area contributed by atoms with Crippen molar-refractivity contribution in [3.63, 3.8) is 0 Å². The lowest BCUT2D eigenvalue weighted by Gasteiger charge is -2.12. The van der Waals surface area contributed by atoms with Crippen molar-refractivity contribution >= 4 is 40.5 Å². The molecule has 156 valence electrons. The molecule has 2 aromatic carbocycles. The molecule has 8 heteroatoms. The number of aromatic carboxylic acids is 1. The third-order valence-electron chi connectivity index (χ3n) is 5.19. The Labute approximate surface area is 177 Å². The fourth-order valence-electron chi connectivity index (χ4n) is 3.57. The average molecular weight is 417 g/mol. The lowest BCUT2D eigenvalue weighted by atomic mass is 10.00. The second-order valence-corrected chi connectivity index (χ2v) is 7.05. The highest BCUT2D eigenvalue weighted by molar-refractivity contribution is 6.33. The Morgan fingerprint density at radius 2 is 1.94 bits per heavy atom. The van der Waals surface area contributed by atoms with E-state index in [4.69, 9.17) is 4.74 Å². The van der Waals surface area contributed by atoms with Crippen LogP contribution in [0.25, 0.3) is 17.0 Å². The number of carbonyl (C=O) groups excluding carboxylic acids is 2. The molecule has 0 aliphatic carbocycles. The monoisotopic (exact) mass is 417 g/mol.